The van der Waals surface area contributed by atoms with Crippen LogP contribution < -0.4 is 11.1 Å². The predicted molar refractivity (Wildman–Crippen MR) is 64.9 cm³/mol. The van der Waals surface area contributed by atoms with Crippen LogP contribution in [0.2, 0.25) is 0 Å². The molecule has 1 atom stereocenters. The number of nitrogen functional groups attached to an aromatic ring is 1. The summed E-state index contributed by atoms with van der Waals surface area (Å²) >= 11 is 1.39. The highest BCUT2D eigenvalue weighted by Crippen LogP contribution is 2.28. The van der Waals surface area contributed by atoms with Crippen molar-refractivity contribution in [2.45, 2.75) is 18.9 Å². The zero-order valence-corrected chi connectivity index (χ0v) is 10.4. The number of nitrogens with zero attached hydrogens (tertiary/aromatic N) is 1. The van der Waals surface area contributed by atoms with Crippen molar-refractivity contribution < 1.29 is 9.47 Å². The number of rotatable bonds is 4. The van der Waals surface area contributed by atoms with Gasteiger partial charge in [-0.25, -0.2) is 0 Å². The molecule has 5 nitrogen and oxygen atoms in total. The summed E-state index contributed by atoms with van der Waals surface area (Å²) in [5.41, 5.74) is 6.50. The van der Waals surface area contributed by atoms with Crippen LogP contribution in [0.5, 0.6) is 0 Å². The Morgan fingerprint density at radius 3 is 3.00 bits per heavy atom. The quantitative estimate of drug-likeness (QED) is 0.833. The molecular weight excluding hydrogens is 226 g/mol. The lowest BCUT2D eigenvalue weighted by atomic mass is 10.0. The smallest absolute Gasteiger partial charge is 0.142 e. The predicted octanol–water partition coefficient (Wildman–Crippen LogP) is 1.25. The normalized spacial score (nSPS) is 24.9. The fourth-order valence-electron chi connectivity index (χ4n) is 1.72. The number of hydrogen-bond donors (Lipinski definition) is 2. The number of aromatic nitrogens is 1. The molecule has 0 amide bonds. The summed E-state index contributed by atoms with van der Waals surface area (Å²) in [6.07, 6.45) is 0.920. The van der Waals surface area contributed by atoms with Crippen LogP contribution in [0, 0.1) is 6.92 Å². The van der Waals surface area contributed by atoms with E-state index in [1.54, 1.807) is 7.11 Å². The molecule has 3 N–H and O–H groups in total. The topological polar surface area (TPSA) is 69.4 Å². The summed E-state index contributed by atoms with van der Waals surface area (Å²) in [6.45, 7) is 4.10. The molecule has 0 saturated carbocycles. The summed E-state index contributed by atoms with van der Waals surface area (Å²) in [5.74, 6) is 0.599. The Morgan fingerprint density at radius 2 is 2.50 bits per heavy atom. The lowest BCUT2D eigenvalue weighted by molar-refractivity contribution is -0.00615. The highest BCUT2D eigenvalue weighted by Gasteiger charge is 2.34. The first-order chi connectivity index (χ1) is 7.67. The van der Waals surface area contributed by atoms with Gasteiger partial charge < -0.3 is 20.5 Å². The van der Waals surface area contributed by atoms with Gasteiger partial charge in [-0.1, -0.05) is 0 Å². The largest absolute Gasteiger partial charge is 0.383 e. The van der Waals surface area contributed by atoms with E-state index in [9.17, 15) is 0 Å². The third-order valence-corrected chi connectivity index (χ3v) is 3.95. The molecule has 1 saturated heterocycles. The van der Waals surface area contributed by atoms with Gasteiger partial charge in [-0.3, -0.25) is 0 Å². The van der Waals surface area contributed by atoms with E-state index in [0.29, 0.717) is 12.4 Å². The van der Waals surface area contributed by atoms with Crippen molar-refractivity contribution in [2.24, 2.45) is 0 Å². The van der Waals surface area contributed by atoms with Crippen molar-refractivity contribution >= 4 is 22.4 Å². The monoisotopic (exact) mass is 243 g/mol. The van der Waals surface area contributed by atoms with Gasteiger partial charge in [0.1, 0.15) is 16.4 Å². The Kier molecular flexibility index (Phi) is 3.32. The Balaban J connectivity index is 1.98. The van der Waals surface area contributed by atoms with Crippen LogP contribution in [-0.4, -0.2) is 36.8 Å². The average Bonchev–Trinajstić information content (AvgIpc) is 2.87. The lowest BCUT2D eigenvalue weighted by Gasteiger charge is -2.26. The zero-order chi connectivity index (χ0) is 11.6. The molecule has 0 aromatic carbocycles. The molecule has 1 fully saturated rings. The maximum absolute atomic E-state index is 5.69. The Morgan fingerprint density at radius 1 is 1.69 bits per heavy atom. The third kappa shape index (κ3) is 2.14. The molecule has 1 unspecified atom stereocenters. The minimum Gasteiger partial charge on any atom is -0.383 e. The molecule has 1 aliphatic heterocycles. The Hall–Kier alpha value is -0.850. The van der Waals surface area contributed by atoms with Gasteiger partial charge in [-0.2, -0.15) is 4.37 Å². The van der Waals surface area contributed by atoms with E-state index in [1.165, 1.54) is 11.5 Å². The van der Waals surface area contributed by atoms with E-state index < -0.39 is 0 Å². The van der Waals surface area contributed by atoms with Crippen molar-refractivity contribution in [2.75, 3.05) is 37.9 Å². The molecule has 1 aliphatic rings. The van der Waals surface area contributed by atoms with Gasteiger partial charge >= 0.3 is 0 Å². The van der Waals surface area contributed by atoms with Gasteiger partial charge in [0.2, 0.25) is 0 Å². The number of anilines is 2. The molecule has 0 aliphatic carbocycles. The first-order valence-electron chi connectivity index (χ1n) is 5.25. The van der Waals surface area contributed by atoms with E-state index in [1.807, 2.05) is 6.92 Å². The number of hydrogen-bond acceptors (Lipinski definition) is 6. The van der Waals surface area contributed by atoms with E-state index in [-0.39, 0.29) is 5.60 Å². The maximum Gasteiger partial charge on any atom is 0.142 e. The minimum absolute atomic E-state index is 0.203. The van der Waals surface area contributed by atoms with E-state index in [0.717, 1.165) is 30.1 Å². The standard InChI is InChI=1S/C10H17N3O2S/c1-7-8(11)13-16-9(7)12-5-10(14-2)3-4-15-6-10/h12H,3-6H2,1-2H3,(H2,11,13). The maximum atomic E-state index is 5.69. The number of nitrogens with one attached hydrogen (secondary N) is 1. The molecule has 16 heavy (non-hydrogen) atoms. The van der Waals surface area contributed by atoms with Crippen LogP contribution in [0.3, 0.4) is 0 Å². The summed E-state index contributed by atoms with van der Waals surface area (Å²) in [7, 11) is 1.73. The first-order valence-corrected chi connectivity index (χ1v) is 6.03. The Labute approximate surface area is 99.1 Å². The van der Waals surface area contributed by atoms with Crippen LogP contribution in [0.15, 0.2) is 0 Å². The van der Waals surface area contributed by atoms with Crippen molar-refractivity contribution in [1.29, 1.82) is 0 Å². The zero-order valence-electron chi connectivity index (χ0n) is 9.58. The molecule has 0 spiro atoms. The Bertz CT molecular complexity index is 361. The van der Waals surface area contributed by atoms with E-state index >= 15 is 0 Å². The van der Waals surface area contributed by atoms with Crippen molar-refractivity contribution in [3.8, 4) is 0 Å². The number of methoxy groups -OCH3 is 1. The van der Waals surface area contributed by atoms with Gasteiger partial charge in [0, 0.05) is 32.2 Å². The van der Waals surface area contributed by atoms with Crippen LogP contribution in [0.25, 0.3) is 0 Å². The molecule has 90 valence electrons. The second-order valence-electron chi connectivity index (χ2n) is 4.07. The SMILES string of the molecule is COC1(CNc2snc(N)c2C)CCOC1. The molecular formula is C10H17N3O2S. The fraction of sp³-hybridized carbons (Fsp3) is 0.700. The molecule has 2 rings (SSSR count). The van der Waals surface area contributed by atoms with Gasteiger partial charge in [-0.15, -0.1) is 0 Å². The second kappa shape index (κ2) is 4.57. The molecule has 2 heterocycles. The minimum atomic E-state index is -0.203. The number of ether oxygens (including phenoxy) is 2. The van der Waals surface area contributed by atoms with Crippen LogP contribution in [0.4, 0.5) is 10.8 Å². The molecule has 1 aromatic rings. The van der Waals surface area contributed by atoms with Crippen molar-refractivity contribution in [3.63, 3.8) is 0 Å². The summed E-state index contributed by atoms with van der Waals surface area (Å²) < 4.78 is 15.0. The van der Waals surface area contributed by atoms with E-state index in [2.05, 4.69) is 9.69 Å². The number of nitrogens with two attached hydrogens (primary N) is 1. The van der Waals surface area contributed by atoms with Crippen molar-refractivity contribution in [3.05, 3.63) is 5.56 Å². The lowest BCUT2D eigenvalue weighted by Crippen LogP contribution is -2.39. The summed E-state index contributed by atoms with van der Waals surface area (Å²) in [5, 5.41) is 4.35. The van der Waals surface area contributed by atoms with Gasteiger partial charge in [0.15, 0.2) is 0 Å². The third-order valence-electron chi connectivity index (χ3n) is 3.03. The van der Waals surface area contributed by atoms with Gasteiger partial charge in [0.05, 0.1) is 6.61 Å². The molecule has 1 aromatic heterocycles. The summed E-state index contributed by atoms with van der Waals surface area (Å²) in [6, 6.07) is 0. The second-order valence-corrected chi connectivity index (χ2v) is 4.84. The highest BCUT2D eigenvalue weighted by molar-refractivity contribution is 7.10. The van der Waals surface area contributed by atoms with E-state index in [4.69, 9.17) is 15.2 Å². The summed E-state index contributed by atoms with van der Waals surface area (Å²) in [4.78, 5) is 0. The molecule has 0 bridgehead atoms. The fourth-order valence-corrected chi connectivity index (χ4v) is 2.42. The first kappa shape index (κ1) is 11.6. The average molecular weight is 243 g/mol. The van der Waals surface area contributed by atoms with Crippen LogP contribution in [0.1, 0.15) is 12.0 Å². The molecule has 6 heteroatoms. The van der Waals surface area contributed by atoms with Gasteiger partial charge in [0.25, 0.3) is 0 Å². The molecule has 0 radical (unpaired) electrons. The van der Waals surface area contributed by atoms with Crippen LogP contribution in [-0.2, 0) is 9.47 Å². The van der Waals surface area contributed by atoms with Gasteiger partial charge in [-0.05, 0) is 18.5 Å². The van der Waals surface area contributed by atoms with Crippen LogP contribution >= 0.6 is 11.5 Å². The highest BCUT2D eigenvalue weighted by atomic mass is 32.1. The van der Waals surface area contributed by atoms with Crippen molar-refractivity contribution in [1.82, 2.24) is 4.37 Å².